The quantitative estimate of drug-likeness (QED) is 0.701. The highest BCUT2D eigenvalue weighted by molar-refractivity contribution is 5.91. The molecular weight excluding hydrogens is 411 g/mol. The van der Waals surface area contributed by atoms with Crippen molar-refractivity contribution < 1.29 is 22.7 Å². The summed E-state index contributed by atoms with van der Waals surface area (Å²) in [5.74, 6) is -0.322. The van der Waals surface area contributed by atoms with Gasteiger partial charge in [0.2, 0.25) is 0 Å². The van der Waals surface area contributed by atoms with Crippen LogP contribution in [0.3, 0.4) is 0 Å². The fraction of sp³-hybridized carbons (Fsp3) is 0.500. The minimum atomic E-state index is -4.33. The largest absolute Gasteiger partial charge is 0.411 e. The van der Waals surface area contributed by atoms with Crippen molar-refractivity contribution in [2.24, 2.45) is 0 Å². The molecule has 0 spiro atoms. The molecule has 0 unspecified atom stereocenters. The highest BCUT2D eigenvalue weighted by atomic mass is 35.5. The highest BCUT2D eigenvalue weighted by Gasteiger charge is 2.27. The summed E-state index contributed by atoms with van der Waals surface area (Å²) in [7, 11) is 0. The SMILES string of the molecule is Cl.O=C(NCc1ccc(COCC(F)(F)F)cc1)c1cn(C2CCNCC2)nn1. The van der Waals surface area contributed by atoms with E-state index < -0.39 is 12.8 Å². The number of carbonyl (C=O) groups is 1. The summed E-state index contributed by atoms with van der Waals surface area (Å²) in [6.07, 6.45) is -0.779. The monoisotopic (exact) mass is 433 g/mol. The van der Waals surface area contributed by atoms with Gasteiger partial charge in [0.25, 0.3) is 5.91 Å². The Morgan fingerprint density at radius 2 is 1.86 bits per heavy atom. The van der Waals surface area contributed by atoms with Crippen molar-refractivity contribution in [2.45, 2.75) is 38.2 Å². The smallest absolute Gasteiger partial charge is 0.367 e. The van der Waals surface area contributed by atoms with Crippen LogP contribution in [0, 0.1) is 0 Å². The third-order valence-corrected chi connectivity index (χ3v) is 4.44. The number of rotatable bonds is 7. The molecule has 0 radical (unpaired) electrons. The molecule has 1 aromatic heterocycles. The fourth-order valence-corrected chi connectivity index (χ4v) is 2.94. The molecule has 0 aliphatic carbocycles. The van der Waals surface area contributed by atoms with Crippen LogP contribution in [0.1, 0.15) is 40.5 Å². The Balaban J connectivity index is 0.00000300. The van der Waals surface area contributed by atoms with Crippen molar-refractivity contribution in [1.82, 2.24) is 25.6 Å². The summed E-state index contributed by atoms with van der Waals surface area (Å²) in [6, 6.07) is 7.07. The summed E-state index contributed by atoms with van der Waals surface area (Å²) in [4.78, 5) is 12.3. The number of ether oxygens (including phenoxy) is 1. The van der Waals surface area contributed by atoms with Crippen LogP contribution in [0.25, 0.3) is 0 Å². The van der Waals surface area contributed by atoms with Gasteiger partial charge in [-0.05, 0) is 37.1 Å². The lowest BCUT2D eigenvalue weighted by Gasteiger charge is -2.22. The number of nitrogens with one attached hydrogen (secondary N) is 2. The Labute approximate surface area is 172 Å². The fourth-order valence-electron chi connectivity index (χ4n) is 2.94. The minimum absolute atomic E-state index is 0. The van der Waals surface area contributed by atoms with Crippen LogP contribution < -0.4 is 10.6 Å². The zero-order valence-electron chi connectivity index (χ0n) is 15.6. The number of piperidine rings is 1. The Kier molecular flexibility index (Phi) is 8.42. The summed E-state index contributed by atoms with van der Waals surface area (Å²) in [5.41, 5.74) is 1.71. The Bertz CT molecular complexity index is 777. The molecule has 1 saturated heterocycles. The third-order valence-electron chi connectivity index (χ3n) is 4.44. The lowest BCUT2D eigenvalue weighted by Crippen LogP contribution is -2.29. The van der Waals surface area contributed by atoms with E-state index in [4.69, 9.17) is 0 Å². The highest BCUT2D eigenvalue weighted by Crippen LogP contribution is 2.17. The first-order valence-corrected chi connectivity index (χ1v) is 9.04. The van der Waals surface area contributed by atoms with Gasteiger partial charge >= 0.3 is 6.18 Å². The first-order valence-electron chi connectivity index (χ1n) is 9.04. The van der Waals surface area contributed by atoms with Crippen LogP contribution in [0.4, 0.5) is 13.2 Å². The number of carbonyl (C=O) groups excluding carboxylic acids is 1. The number of amides is 1. The van der Waals surface area contributed by atoms with Gasteiger partial charge in [-0.15, -0.1) is 17.5 Å². The Morgan fingerprint density at radius 1 is 1.21 bits per heavy atom. The molecule has 160 valence electrons. The van der Waals surface area contributed by atoms with Crippen molar-refractivity contribution in [2.75, 3.05) is 19.7 Å². The van der Waals surface area contributed by atoms with E-state index in [0.29, 0.717) is 5.56 Å². The standard InChI is InChI=1S/C18H22F3N5O2.ClH/c19-18(20,21)12-28-11-14-3-1-13(2-4-14)9-23-17(27)16-10-26(25-24-16)15-5-7-22-8-6-15;/h1-4,10,15,22H,5-9,11-12H2,(H,23,27);1H. The molecule has 1 aliphatic rings. The zero-order valence-corrected chi connectivity index (χ0v) is 16.4. The molecule has 0 atom stereocenters. The van der Waals surface area contributed by atoms with Gasteiger partial charge in [-0.1, -0.05) is 29.5 Å². The van der Waals surface area contributed by atoms with Gasteiger partial charge in [-0.2, -0.15) is 13.2 Å². The van der Waals surface area contributed by atoms with Gasteiger partial charge in [-0.25, -0.2) is 4.68 Å². The van der Waals surface area contributed by atoms with Gasteiger partial charge in [0.1, 0.15) is 6.61 Å². The maximum atomic E-state index is 12.3. The van der Waals surface area contributed by atoms with Gasteiger partial charge in [-0.3, -0.25) is 4.79 Å². The summed E-state index contributed by atoms with van der Waals surface area (Å²) < 4.78 is 42.6. The number of hydrogen-bond acceptors (Lipinski definition) is 5. The van der Waals surface area contributed by atoms with Crippen LogP contribution >= 0.6 is 12.4 Å². The van der Waals surface area contributed by atoms with Gasteiger partial charge in [0, 0.05) is 6.54 Å². The maximum absolute atomic E-state index is 12.3. The second kappa shape index (κ2) is 10.6. The van der Waals surface area contributed by atoms with E-state index in [0.717, 1.165) is 31.5 Å². The zero-order chi connectivity index (χ0) is 20.0. The molecule has 11 heteroatoms. The predicted octanol–water partition coefficient (Wildman–Crippen LogP) is 2.63. The maximum Gasteiger partial charge on any atom is 0.411 e. The molecule has 3 rings (SSSR count). The van der Waals surface area contributed by atoms with E-state index in [1.807, 2.05) is 0 Å². The normalized spacial score (nSPS) is 15.0. The molecule has 0 saturated carbocycles. The van der Waals surface area contributed by atoms with E-state index in [-0.39, 0.29) is 43.2 Å². The third kappa shape index (κ3) is 7.30. The second-order valence-electron chi connectivity index (χ2n) is 6.67. The number of benzene rings is 1. The first-order chi connectivity index (χ1) is 13.4. The lowest BCUT2D eigenvalue weighted by molar-refractivity contribution is -0.176. The van der Waals surface area contributed by atoms with Crippen LogP contribution in [-0.2, 0) is 17.9 Å². The van der Waals surface area contributed by atoms with Crippen molar-refractivity contribution in [3.8, 4) is 0 Å². The van der Waals surface area contributed by atoms with E-state index in [1.54, 1.807) is 35.1 Å². The van der Waals surface area contributed by atoms with Crippen LogP contribution in [0.5, 0.6) is 0 Å². The summed E-state index contributed by atoms with van der Waals surface area (Å²) in [6.45, 7) is 0.726. The summed E-state index contributed by atoms with van der Waals surface area (Å²) >= 11 is 0. The molecule has 2 aromatic rings. The van der Waals surface area contributed by atoms with E-state index in [2.05, 4.69) is 25.7 Å². The predicted molar refractivity (Wildman–Crippen MR) is 102 cm³/mol. The van der Waals surface area contributed by atoms with Crippen LogP contribution in [0.2, 0.25) is 0 Å². The molecule has 1 fully saturated rings. The van der Waals surface area contributed by atoms with E-state index in [9.17, 15) is 18.0 Å². The molecular formula is C18H23ClF3N5O2. The van der Waals surface area contributed by atoms with Crippen LogP contribution in [-0.4, -0.2) is 46.8 Å². The molecule has 1 aromatic carbocycles. The number of nitrogens with zero attached hydrogens (tertiary/aromatic N) is 3. The number of halogens is 4. The number of aromatic nitrogens is 3. The average molecular weight is 434 g/mol. The molecule has 1 amide bonds. The molecule has 1 aliphatic heterocycles. The van der Waals surface area contributed by atoms with Crippen molar-refractivity contribution in [3.63, 3.8) is 0 Å². The molecule has 0 bridgehead atoms. The Hall–Kier alpha value is -2.17. The molecule has 2 N–H and O–H groups in total. The molecule has 7 nitrogen and oxygen atoms in total. The number of alkyl halides is 3. The first kappa shape index (κ1) is 23.1. The minimum Gasteiger partial charge on any atom is -0.367 e. The van der Waals surface area contributed by atoms with Gasteiger partial charge < -0.3 is 15.4 Å². The Morgan fingerprint density at radius 3 is 2.52 bits per heavy atom. The molecule has 2 heterocycles. The second-order valence-corrected chi connectivity index (χ2v) is 6.67. The van der Waals surface area contributed by atoms with Crippen LogP contribution in [0.15, 0.2) is 30.5 Å². The number of hydrogen-bond donors (Lipinski definition) is 2. The van der Waals surface area contributed by atoms with Gasteiger partial charge in [0.05, 0.1) is 18.8 Å². The van der Waals surface area contributed by atoms with Crippen molar-refractivity contribution in [1.29, 1.82) is 0 Å². The molecule has 29 heavy (non-hydrogen) atoms. The van der Waals surface area contributed by atoms with E-state index in [1.165, 1.54) is 0 Å². The van der Waals surface area contributed by atoms with E-state index >= 15 is 0 Å². The van der Waals surface area contributed by atoms with Gasteiger partial charge in [0.15, 0.2) is 5.69 Å². The van der Waals surface area contributed by atoms with Crippen molar-refractivity contribution in [3.05, 3.63) is 47.3 Å². The average Bonchev–Trinajstić information content (AvgIpc) is 3.17. The lowest BCUT2D eigenvalue weighted by atomic mass is 10.1. The topological polar surface area (TPSA) is 81.1 Å². The van der Waals surface area contributed by atoms with Crippen molar-refractivity contribution >= 4 is 18.3 Å². The summed E-state index contributed by atoms with van der Waals surface area (Å²) in [5, 5.41) is 14.0.